The maximum atomic E-state index is 11.6. The maximum absolute atomic E-state index is 11.6. The zero-order valence-corrected chi connectivity index (χ0v) is 10.8. The van der Waals surface area contributed by atoms with Crippen molar-refractivity contribution >= 4 is 11.9 Å². The highest BCUT2D eigenvalue weighted by Crippen LogP contribution is 2.30. The monoisotopic (exact) mass is 227 g/mol. The minimum Gasteiger partial charge on any atom is -0.481 e. The van der Waals surface area contributed by atoms with Crippen LogP contribution >= 0.6 is 0 Å². The van der Waals surface area contributed by atoms with Gasteiger partial charge in [-0.3, -0.25) is 9.59 Å². The number of amides is 1. The van der Waals surface area contributed by atoms with E-state index in [9.17, 15) is 9.59 Å². The molecule has 4 heteroatoms. The van der Waals surface area contributed by atoms with Crippen LogP contribution < -0.4 is 5.32 Å². The van der Waals surface area contributed by atoms with Gasteiger partial charge in [0.2, 0.25) is 5.91 Å². The van der Waals surface area contributed by atoms with E-state index >= 15 is 0 Å². The summed E-state index contributed by atoms with van der Waals surface area (Å²) < 4.78 is 0. The Morgan fingerprint density at radius 3 is 1.88 bits per heavy atom. The Bertz CT molecular complexity index is 323. The van der Waals surface area contributed by atoms with Gasteiger partial charge in [0.1, 0.15) is 0 Å². The van der Waals surface area contributed by atoms with Crippen molar-refractivity contribution in [3.63, 3.8) is 0 Å². The molecule has 0 spiro atoms. The first-order valence-electron chi connectivity index (χ1n) is 5.21. The van der Waals surface area contributed by atoms with Crippen molar-refractivity contribution in [3.8, 4) is 0 Å². The zero-order chi connectivity index (χ0) is 13.1. The van der Waals surface area contributed by atoms with Crippen molar-refractivity contribution in [2.75, 3.05) is 0 Å². The van der Waals surface area contributed by atoms with E-state index in [0.717, 1.165) is 5.57 Å². The van der Waals surface area contributed by atoms with Crippen molar-refractivity contribution in [3.05, 3.63) is 11.6 Å². The fourth-order valence-corrected chi connectivity index (χ4v) is 1.03. The van der Waals surface area contributed by atoms with Gasteiger partial charge in [-0.1, -0.05) is 5.57 Å². The molecule has 92 valence electrons. The number of allylic oxidation sites excluding steroid dienone is 1. The summed E-state index contributed by atoms with van der Waals surface area (Å²) in [5.74, 6) is -1.20. The Hall–Kier alpha value is -1.32. The minimum absolute atomic E-state index is 0.265. The molecule has 0 saturated heterocycles. The topological polar surface area (TPSA) is 66.4 Å². The molecular weight excluding hydrogens is 206 g/mol. The van der Waals surface area contributed by atoms with Crippen molar-refractivity contribution in [2.45, 2.75) is 47.1 Å². The van der Waals surface area contributed by atoms with E-state index in [4.69, 9.17) is 5.11 Å². The summed E-state index contributed by atoms with van der Waals surface area (Å²) in [4.78, 5) is 22.7. The molecule has 0 rings (SSSR count). The van der Waals surface area contributed by atoms with Gasteiger partial charge in [-0.2, -0.15) is 0 Å². The molecule has 0 saturated carbocycles. The molecular formula is C12H21NO3. The number of aliphatic carboxylic acids is 1. The van der Waals surface area contributed by atoms with E-state index in [-0.39, 0.29) is 5.91 Å². The number of carbonyl (C=O) groups excluding carboxylic acids is 1. The molecule has 0 radical (unpaired) electrons. The molecule has 0 aromatic rings. The van der Waals surface area contributed by atoms with Gasteiger partial charge in [-0.25, -0.2) is 0 Å². The van der Waals surface area contributed by atoms with Gasteiger partial charge in [0.05, 0.1) is 11.0 Å². The summed E-state index contributed by atoms with van der Waals surface area (Å²) in [6, 6.07) is 0. The van der Waals surface area contributed by atoms with Gasteiger partial charge in [0.25, 0.3) is 0 Å². The lowest BCUT2D eigenvalue weighted by Crippen LogP contribution is -2.56. The van der Waals surface area contributed by atoms with Crippen molar-refractivity contribution < 1.29 is 14.7 Å². The van der Waals surface area contributed by atoms with Gasteiger partial charge in [0.15, 0.2) is 0 Å². The quantitative estimate of drug-likeness (QED) is 0.721. The molecule has 0 atom stereocenters. The number of hydrogen-bond donors (Lipinski definition) is 2. The van der Waals surface area contributed by atoms with E-state index in [2.05, 4.69) is 5.32 Å². The first kappa shape index (κ1) is 14.7. The highest BCUT2D eigenvalue weighted by molar-refractivity contribution is 5.89. The first-order chi connectivity index (χ1) is 7.00. The zero-order valence-electron chi connectivity index (χ0n) is 10.8. The molecule has 0 aliphatic carbocycles. The van der Waals surface area contributed by atoms with E-state index in [1.165, 1.54) is 6.08 Å². The van der Waals surface area contributed by atoms with Gasteiger partial charge in [-0.15, -0.1) is 0 Å². The lowest BCUT2D eigenvalue weighted by molar-refractivity contribution is -0.151. The average Bonchev–Trinajstić information content (AvgIpc) is 1.99. The molecule has 0 fully saturated rings. The summed E-state index contributed by atoms with van der Waals surface area (Å²) in [5.41, 5.74) is -0.971. The lowest BCUT2D eigenvalue weighted by atomic mass is 9.74. The minimum atomic E-state index is -1.03. The van der Waals surface area contributed by atoms with Gasteiger partial charge in [-0.05, 0) is 41.5 Å². The summed E-state index contributed by atoms with van der Waals surface area (Å²) in [6.45, 7) is 10.2. The summed E-state index contributed by atoms with van der Waals surface area (Å²) >= 11 is 0. The fraction of sp³-hybridized carbons (Fsp3) is 0.667. The molecule has 1 amide bonds. The van der Waals surface area contributed by atoms with Gasteiger partial charge < -0.3 is 10.4 Å². The molecule has 2 N–H and O–H groups in total. The van der Waals surface area contributed by atoms with Crippen LogP contribution in [0.25, 0.3) is 0 Å². The third-order valence-electron chi connectivity index (χ3n) is 2.95. The largest absolute Gasteiger partial charge is 0.481 e. The van der Waals surface area contributed by atoms with Crippen LogP contribution in [0.2, 0.25) is 0 Å². The fourth-order valence-electron chi connectivity index (χ4n) is 1.03. The number of carboxylic acids is 1. The van der Waals surface area contributed by atoms with E-state index in [1.54, 1.807) is 27.7 Å². The van der Waals surface area contributed by atoms with Crippen LogP contribution in [0.4, 0.5) is 0 Å². The Morgan fingerprint density at radius 2 is 1.56 bits per heavy atom. The molecule has 4 nitrogen and oxygen atoms in total. The SMILES string of the molecule is CC(C)=CC(=O)NC(C)(C)C(C)(C)C(=O)O. The molecule has 0 aromatic heterocycles. The molecule has 0 aliphatic rings. The second-order valence-electron chi connectivity index (χ2n) is 5.27. The molecule has 16 heavy (non-hydrogen) atoms. The third-order valence-corrected chi connectivity index (χ3v) is 2.95. The predicted molar refractivity (Wildman–Crippen MR) is 63.1 cm³/mol. The van der Waals surface area contributed by atoms with Crippen LogP contribution in [0.1, 0.15) is 41.5 Å². The standard InChI is InChI=1S/C12H21NO3/c1-8(2)7-9(14)13-12(5,6)11(3,4)10(15)16/h7H,1-6H3,(H,13,14)(H,15,16). The van der Waals surface area contributed by atoms with Crippen molar-refractivity contribution in [2.24, 2.45) is 5.41 Å². The van der Waals surface area contributed by atoms with Crippen LogP contribution in [-0.4, -0.2) is 22.5 Å². The average molecular weight is 227 g/mol. The Morgan fingerprint density at radius 1 is 1.12 bits per heavy atom. The summed E-state index contributed by atoms with van der Waals surface area (Å²) in [6.07, 6.45) is 1.46. The molecule has 0 heterocycles. The Labute approximate surface area is 96.7 Å². The second kappa shape index (κ2) is 4.68. The number of carbonyl (C=O) groups is 2. The summed E-state index contributed by atoms with van der Waals surface area (Å²) in [7, 11) is 0. The number of nitrogens with one attached hydrogen (secondary N) is 1. The lowest BCUT2D eigenvalue weighted by Gasteiger charge is -2.38. The molecule has 0 bridgehead atoms. The van der Waals surface area contributed by atoms with Gasteiger partial charge >= 0.3 is 5.97 Å². The van der Waals surface area contributed by atoms with Crippen LogP contribution in [0.15, 0.2) is 11.6 Å². The Kier molecular flexibility index (Phi) is 4.29. The van der Waals surface area contributed by atoms with Crippen LogP contribution in [-0.2, 0) is 9.59 Å². The predicted octanol–water partition coefficient (Wildman–Crippen LogP) is 1.96. The maximum Gasteiger partial charge on any atom is 0.311 e. The van der Waals surface area contributed by atoms with E-state index < -0.39 is 16.9 Å². The number of rotatable bonds is 4. The van der Waals surface area contributed by atoms with E-state index in [1.807, 2.05) is 13.8 Å². The number of hydrogen-bond acceptors (Lipinski definition) is 2. The smallest absolute Gasteiger partial charge is 0.311 e. The third kappa shape index (κ3) is 3.36. The molecule has 0 aliphatic heterocycles. The van der Waals surface area contributed by atoms with Crippen LogP contribution in [0.3, 0.4) is 0 Å². The van der Waals surface area contributed by atoms with E-state index in [0.29, 0.717) is 0 Å². The van der Waals surface area contributed by atoms with Crippen molar-refractivity contribution in [1.82, 2.24) is 5.32 Å². The van der Waals surface area contributed by atoms with Crippen LogP contribution in [0.5, 0.6) is 0 Å². The second-order valence-corrected chi connectivity index (χ2v) is 5.27. The van der Waals surface area contributed by atoms with Crippen molar-refractivity contribution in [1.29, 1.82) is 0 Å². The highest BCUT2D eigenvalue weighted by Gasteiger charge is 2.44. The normalized spacial score (nSPS) is 11.9. The van der Waals surface area contributed by atoms with Gasteiger partial charge in [0, 0.05) is 6.08 Å². The first-order valence-corrected chi connectivity index (χ1v) is 5.21. The molecule has 0 aromatic carbocycles. The highest BCUT2D eigenvalue weighted by atomic mass is 16.4. The summed E-state index contributed by atoms with van der Waals surface area (Å²) in [5, 5.41) is 11.8. The molecule has 0 unspecified atom stereocenters. The van der Waals surface area contributed by atoms with Crippen LogP contribution in [0, 0.1) is 5.41 Å². The number of carboxylic acid groups (broad SMARTS) is 1. The Balaban J connectivity index is 4.90.